The number of benzene rings is 2. The van der Waals surface area contributed by atoms with Crippen LogP contribution in [0.5, 0.6) is 0 Å². The fraction of sp³-hybridized carbons (Fsp3) is 0.459. The highest BCUT2D eigenvalue weighted by molar-refractivity contribution is 5.97. The zero-order valence-corrected chi connectivity index (χ0v) is 29.3. The van der Waals surface area contributed by atoms with Gasteiger partial charge in [0.2, 0.25) is 0 Å². The molecule has 1 amide bonds. The van der Waals surface area contributed by atoms with Crippen LogP contribution in [-0.4, -0.2) is 59.2 Å². The minimum Gasteiger partial charge on any atom is -0.466 e. The van der Waals surface area contributed by atoms with Gasteiger partial charge in [-0.15, -0.1) is 6.42 Å². The summed E-state index contributed by atoms with van der Waals surface area (Å²) < 4.78 is 32.3. The van der Waals surface area contributed by atoms with E-state index in [-0.39, 0.29) is 56.5 Å². The summed E-state index contributed by atoms with van der Waals surface area (Å²) in [4.78, 5) is 70.0. The van der Waals surface area contributed by atoms with Crippen molar-refractivity contribution in [2.24, 2.45) is 5.41 Å². The lowest BCUT2D eigenvalue weighted by atomic mass is 9.98. The van der Waals surface area contributed by atoms with Gasteiger partial charge in [0, 0.05) is 12.1 Å². The topological polar surface area (TPSA) is 146 Å². The van der Waals surface area contributed by atoms with Crippen molar-refractivity contribution in [3.63, 3.8) is 0 Å². The molecule has 2 aromatic carbocycles. The Morgan fingerprint density at radius 3 is 2.48 bits per heavy atom. The molecule has 1 aliphatic rings. The zero-order chi connectivity index (χ0) is 36.7. The quantitative estimate of drug-likeness (QED) is 0.154. The molecule has 0 radical (unpaired) electrons. The van der Waals surface area contributed by atoms with Crippen LogP contribution in [0, 0.1) is 30.5 Å². The SMILES string of the molecule is C#CCN(c1ccc(C(=O)N[C@@H](CCC(=O)OCC)C(=O)OCC)c(F)c1)C1CCc2cc3nc(C)n(COC(=O)C(C)(C)C)c(=O)c3cc21. The Labute approximate surface area is 290 Å². The average Bonchev–Trinajstić information content (AvgIpc) is 3.46. The molecular formula is C37H43FN4O8. The number of anilines is 1. The van der Waals surface area contributed by atoms with Gasteiger partial charge in [-0.3, -0.25) is 23.7 Å². The molecule has 0 saturated carbocycles. The molecular weight excluding hydrogens is 647 g/mol. The fourth-order valence-electron chi connectivity index (χ4n) is 5.80. The Bertz CT molecular complexity index is 1890. The second-order valence-electron chi connectivity index (χ2n) is 12.9. The van der Waals surface area contributed by atoms with Crippen LogP contribution in [0.25, 0.3) is 10.9 Å². The maximum atomic E-state index is 15.6. The molecule has 0 fully saturated rings. The summed E-state index contributed by atoms with van der Waals surface area (Å²) in [6.45, 7) is 10.1. The number of rotatable bonds is 13. The summed E-state index contributed by atoms with van der Waals surface area (Å²) >= 11 is 0. The minimum absolute atomic E-state index is 0.0535. The predicted molar refractivity (Wildman–Crippen MR) is 184 cm³/mol. The summed E-state index contributed by atoms with van der Waals surface area (Å²) in [5, 5.41) is 2.82. The molecule has 0 spiro atoms. The van der Waals surface area contributed by atoms with Gasteiger partial charge >= 0.3 is 17.9 Å². The third-order valence-electron chi connectivity index (χ3n) is 8.37. The number of terminal acetylenes is 1. The monoisotopic (exact) mass is 690 g/mol. The normalized spacial score (nSPS) is 14.3. The van der Waals surface area contributed by atoms with Crippen molar-refractivity contribution in [2.75, 3.05) is 24.7 Å². The molecule has 0 bridgehead atoms. The molecule has 3 aromatic rings. The molecule has 0 saturated heterocycles. The molecule has 1 heterocycles. The predicted octanol–water partition coefficient (Wildman–Crippen LogP) is 4.52. The van der Waals surface area contributed by atoms with Crippen molar-refractivity contribution in [3.05, 3.63) is 69.0 Å². The molecule has 50 heavy (non-hydrogen) atoms. The maximum absolute atomic E-state index is 15.6. The molecule has 13 heteroatoms. The lowest BCUT2D eigenvalue weighted by molar-refractivity contribution is -0.157. The zero-order valence-electron chi connectivity index (χ0n) is 29.3. The lowest BCUT2D eigenvalue weighted by Crippen LogP contribution is -2.42. The molecule has 2 atom stereocenters. The summed E-state index contributed by atoms with van der Waals surface area (Å²) in [6, 6.07) is 6.19. The van der Waals surface area contributed by atoms with Crippen LogP contribution in [0.15, 0.2) is 35.1 Å². The summed E-state index contributed by atoms with van der Waals surface area (Å²) in [6.07, 6.45) is 6.80. The molecule has 1 unspecified atom stereocenters. The lowest BCUT2D eigenvalue weighted by Gasteiger charge is -2.30. The van der Waals surface area contributed by atoms with Crippen LogP contribution >= 0.6 is 0 Å². The Balaban J connectivity index is 1.61. The van der Waals surface area contributed by atoms with Crippen molar-refractivity contribution >= 4 is 40.4 Å². The van der Waals surface area contributed by atoms with Crippen molar-refractivity contribution in [3.8, 4) is 12.3 Å². The summed E-state index contributed by atoms with van der Waals surface area (Å²) in [5.74, 6) is -0.422. The number of nitrogens with one attached hydrogen (secondary N) is 1. The van der Waals surface area contributed by atoms with Crippen LogP contribution in [0.2, 0.25) is 0 Å². The third-order valence-corrected chi connectivity index (χ3v) is 8.37. The largest absolute Gasteiger partial charge is 0.466 e. The van der Waals surface area contributed by atoms with Gasteiger partial charge in [-0.1, -0.05) is 5.92 Å². The van der Waals surface area contributed by atoms with E-state index >= 15 is 4.39 Å². The van der Waals surface area contributed by atoms with E-state index in [2.05, 4.69) is 16.2 Å². The Hall–Kier alpha value is -5.25. The van der Waals surface area contributed by atoms with E-state index in [0.29, 0.717) is 35.3 Å². The number of ether oxygens (including phenoxy) is 3. The number of amides is 1. The molecule has 1 aromatic heterocycles. The summed E-state index contributed by atoms with van der Waals surface area (Å²) in [7, 11) is 0. The number of carbonyl (C=O) groups excluding carboxylic acids is 4. The molecule has 1 N–H and O–H groups in total. The van der Waals surface area contributed by atoms with Gasteiger partial charge < -0.3 is 24.4 Å². The van der Waals surface area contributed by atoms with Gasteiger partial charge in [-0.05, 0) is 102 Å². The first-order valence-corrected chi connectivity index (χ1v) is 16.5. The highest BCUT2D eigenvalue weighted by Gasteiger charge is 2.31. The van der Waals surface area contributed by atoms with Crippen LogP contribution in [0.4, 0.5) is 10.1 Å². The van der Waals surface area contributed by atoms with Gasteiger partial charge in [0.15, 0.2) is 6.73 Å². The Kier molecular flexibility index (Phi) is 12.0. The second kappa shape index (κ2) is 16.0. The number of aryl methyl sites for hydroxylation is 2. The Morgan fingerprint density at radius 2 is 1.84 bits per heavy atom. The van der Waals surface area contributed by atoms with E-state index in [1.807, 2.05) is 11.0 Å². The van der Waals surface area contributed by atoms with E-state index in [4.69, 9.17) is 20.6 Å². The number of nitrogens with zero attached hydrogens (tertiary/aromatic N) is 3. The molecule has 4 rings (SSSR count). The van der Waals surface area contributed by atoms with Crippen molar-refractivity contribution in [1.29, 1.82) is 0 Å². The van der Waals surface area contributed by atoms with E-state index < -0.39 is 41.1 Å². The fourth-order valence-corrected chi connectivity index (χ4v) is 5.80. The molecule has 266 valence electrons. The first kappa shape index (κ1) is 37.6. The molecule has 12 nitrogen and oxygen atoms in total. The second-order valence-corrected chi connectivity index (χ2v) is 12.9. The Morgan fingerprint density at radius 1 is 1.12 bits per heavy atom. The van der Waals surface area contributed by atoms with E-state index in [1.54, 1.807) is 53.7 Å². The van der Waals surface area contributed by atoms with Crippen LogP contribution < -0.4 is 15.8 Å². The van der Waals surface area contributed by atoms with Crippen molar-refractivity contribution in [1.82, 2.24) is 14.9 Å². The van der Waals surface area contributed by atoms with Gasteiger partial charge in [0.1, 0.15) is 17.7 Å². The first-order chi connectivity index (χ1) is 23.7. The number of halogens is 1. The van der Waals surface area contributed by atoms with E-state index in [1.165, 1.54) is 16.7 Å². The standard InChI is InChI=1S/C37H43FN4O8/c1-8-17-41(24-12-13-25(28(38)19-24)33(44)40-29(35(46)49-10-3)14-16-32(43)48-9-2)31-15-11-23-18-30-27(20-26(23)31)34(45)42(22(4)39-30)21-50-36(47)37(5,6)7/h1,12-13,18-20,29,31H,9-11,14-17,21H2,2-7H3,(H,40,44)/t29-,31?/m0/s1. The minimum atomic E-state index is -1.19. The maximum Gasteiger partial charge on any atom is 0.328 e. The van der Waals surface area contributed by atoms with Gasteiger partial charge in [0.05, 0.1) is 47.7 Å². The van der Waals surface area contributed by atoms with Crippen molar-refractivity contribution in [2.45, 2.75) is 86.0 Å². The number of esters is 3. The molecule has 0 aliphatic heterocycles. The van der Waals surface area contributed by atoms with Crippen molar-refractivity contribution < 1.29 is 37.8 Å². The first-order valence-electron chi connectivity index (χ1n) is 16.5. The smallest absolute Gasteiger partial charge is 0.328 e. The average molecular weight is 691 g/mol. The van der Waals surface area contributed by atoms with Gasteiger partial charge in [-0.25, -0.2) is 14.2 Å². The number of fused-ring (bicyclic) bond motifs is 2. The highest BCUT2D eigenvalue weighted by atomic mass is 19.1. The summed E-state index contributed by atoms with van der Waals surface area (Å²) in [5.41, 5.74) is 1.30. The number of aromatic nitrogens is 2. The number of hydrogen-bond acceptors (Lipinski definition) is 10. The van der Waals surface area contributed by atoms with Crippen LogP contribution in [-0.2, 0) is 41.7 Å². The van der Waals surface area contributed by atoms with Crippen LogP contribution in [0.3, 0.4) is 0 Å². The van der Waals surface area contributed by atoms with Gasteiger partial charge in [-0.2, -0.15) is 0 Å². The third kappa shape index (κ3) is 8.48. The van der Waals surface area contributed by atoms with E-state index in [0.717, 1.165) is 11.1 Å². The van der Waals surface area contributed by atoms with Crippen LogP contribution in [0.1, 0.15) is 87.2 Å². The number of carbonyl (C=O) groups is 4. The van der Waals surface area contributed by atoms with E-state index in [9.17, 15) is 24.0 Å². The number of hydrogen-bond donors (Lipinski definition) is 1. The molecule has 1 aliphatic carbocycles. The highest BCUT2D eigenvalue weighted by Crippen LogP contribution is 2.40. The van der Waals surface area contributed by atoms with Gasteiger partial charge in [0.25, 0.3) is 11.5 Å².